The lowest BCUT2D eigenvalue weighted by Crippen LogP contribution is -2.46. The first-order valence-electron chi connectivity index (χ1n) is 10.1. The predicted octanol–water partition coefficient (Wildman–Crippen LogP) is 3.76. The third-order valence-corrected chi connectivity index (χ3v) is 4.77. The van der Waals surface area contributed by atoms with Crippen molar-refractivity contribution in [3.05, 3.63) is 59.3 Å². The molecule has 0 radical (unpaired) electrons. The van der Waals surface area contributed by atoms with Gasteiger partial charge < -0.3 is 30.2 Å². The van der Waals surface area contributed by atoms with Gasteiger partial charge in [-0.15, -0.1) is 0 Å². The highest BCUT2D eigenvalue weighted by atomic mass is 16.5. The summed E-state index contributed by atoms with van der Waals surface area (Å²) in [6.07, 6.45) is 0. The maximum atomic E-state index is 13.3. The summed E-state index contributed by atoms with van der Waals surface area (Å²) in [6.45, 7) is 6.42. The molecule has 1 heterocycles. The van der Waals surface area contributed by atoms with Crippen molar-refractivity contribution in [3.63, 3.8) is 0 Å². The van der Waals surface area contributed by atoms with Crippen LogP contribution < -0.4 is 30.2 Å². The number of amides is 3. The monoisotopic (exact) mass is 425 g/mol. The van der Waals surface area contributed by atoms with E-state index in [4.69, 9.17) is 14.2 Å². The Hall–Kier alpha value is -3.68. The van der Waals surface area contributed by atoms with Gasteiger partial charge in [-0.25, -0.2) is 4.79 Å². The van der Waals surface area contributed by atoms with Gasteiger partial charge in [0.2, 0.25) is 0 Å². The van der Waals surface area contributed by atoms with Gasteiger partial charge in [-0.05, 0) is 50.6 Å². The van der Waals surface area contributed by atoms with E-state index in [0.29, 0.717) is 53.0 Å². The van der Waals surface area contributed by atoms with Crippen molar-refractivity contribution < 1.29 is 23.8 Å². The molecule has 8 nitrogen and oxygen atoms in total. The van der Waals surface area contributed by atoms with Crippen molar-refractivity contribution in [2.45, 2.75) is 26.8 Å². The van der Waals surface area contributed by atoms with Gasteiger partial charge >= 0.3 is 6.03 Å². The van der Waals surface area contributed by atoms with Crippen molar-refractivity contribution in [2.75, 3.05) is 25.6 Å². The summed E-state index contributed by atoms with van der Waals surface area (Å²) < 4.78 is 16.6. The normalized spacial score (nSPS) is 15.6. The fourth-order valence-corrected chi connectivity index (χ4v) is 3.42. The zero-order chi connectivity index (χ0) is 22.4. The minimum absolute atomic E-state index is 0.352. The van der Waals surface area contributed by atoms with Crippen molar-refractivity contribution in [1.82, 2.24) is 10.6 Å². The minimum atomic E-state index is -0.669. The summed E-state index contributed by atoms with van der Waals surface area (Å²) >= 11 is 0. The molecule has 0 bridgehead atoms. The molecular formula is C23H27N3O5. The van der Waals surface area contributed by atoms with E-state index >= 15 is 0 Å². The molecule has 1 aliphatic heterocycles. The van der Waals surface area contributed by atoms with Gasteiger partial charge in [-0.3, -0.25) is 4.79 Å². The van der Waals surface area contributed by atoms with E-state index in [9.17, 15) is 9.59 Å². The number of anilines is 1. The highest BCUT2D eigenvalue weighted by Gasteiger charge is 2.32. The van der Waals surface area contributed by atoms with Gasteiger partial charge in [0.05, 0.1) is 37.6 Å². The maximum absolute atomic E-state index is 13.3. The molecule has 2 aromatic rings. The van der Waals surface area contributed by atoms with Crippen LogP contribution in [0.25, 0.3) is 0 Å². The van der Waals surface area contributed by atoms with Crippen LogP contribution in [0.2, 0.25) is 0 Å². The average Bonchev–Trinajstić information content (AvgIpc) is 2.75. The molecule has 8 heteroatoms. The molecule has 0 saturated carbocycles. The van der Waals surface area contributed by atoms with E-state index in [1.54, 1.807) is 44.4 Å². The molecule has 0 spiro atoms. The second kappa shape index (κ2) is 9.88. The zero-order valence-corrected chi connectivity index (χ0v) is 18.1. The van der Waals surface area contributed by atoms with Crippen molar-refractivity contribution >= 4 is 17.6 Å². The van der Waals surface area contributed by atoms with Gasteiger partial charge in [-0.1, -0.05) is 18.2 Å². The summed E-state index contributed by atoms with van der Waals surface area (Å²) in [5.41, 5.74) is 2.09. The molecular weight excluding hydrogens is 398 g/mol. The number of para-hydroxylation sites is 2. The van der Waals surface area contributed by atoms with Crippen LogP contribution in [0.4, 0.5) is 10.5 Å². The highest BCUT2D eigenvalue weighted by molar-refractivity contribution is 6.07. The number of hydrogen-bond acceptors (Lipinski definition) is 5. The standard InChI is InChI=1S/C23H27N3O5/c1-5-30-17-10-8-7-9-16(17)25-22(27)20-14(3)24-23(28)26-21(20)15-11-12-18(31-6-2)19(13-15)29-4/h7-13,21H,5-6H2,1-4H3,(H,25,27)(H2,24,26,28)/t21-/m0/s1. The summed E-state index contributed by atoms with van der Waals surface area (Å²) in [7, 11) is 1.54. The topological polar surface area (TPSA) is 97.9 Å². The fraction of sp³-hybridized carbons (Fsp3) is 0.304. The Balaban J connectivity index is 1.96. The summed E-state index contributed by atoms with van der Waals surface area (Å²) in [5.74, 6) is 1.33. The molecule has 0 fully saturated rings. The van der Waals surface area contributed by atoms with Crippen LogP contribution in [0.15, 0.2) is 53.7 Å². The summed E-state index contributed by atoms with van der Waals surface area (Å²) in [5, 5.41) is 8.40. The van der Waals surface area contributed by atoms with Crippen molar-refractivity contribution in [1.29, 1.82) is 0 Å². The maximum Gasteiger partial charge on any atom is 0.319 e. The number of carbonyl (C=O) groups is 2. The third kappa shape index (κ3) is 4.91. The van der Waals surface area contributed by atoms with Crippen molar-refractivity contribution in [2.24, 2.45) is 0 Å². The molecule has 0 saturated heterocycles. The Morgan fingerprint density at radius 1 is 1.03 bits per heavy atom. The van der Waals surface area contributed by atoms with Gasteiger partial charge in [0, 0.05) is 5.70 Å². The van der Waals surface area contributed by atoms with Crippen molar-refractivity contribution in [3.8, 4) is 17.2 Å². The first-order chi connectivity index (χ1) is 15.0. The largest absolute Gasteiger partial charge is 0.493 e. The number of urea groups is 1. The summed E-state index contributed by atoms with van der Waals surface area (Å²) in [4.78, 5) is 25.5. The molecule has 0 aromatic heterocycles. The lowest BCUT2D eigenvalue weighted by atomic mass is 9.94. The fourth-order valence-electron chi connectivity index (χ4n) is 3.42. The molecule has 0 aliphatic carbocycles. The number of ether oxygens (including phenoxy) is 3. The third-order valence-electron chi connectivity index (χ3n) is 4.77. The number of nitrogens with one attached hydrogen (secondary N) is 3. The van der Waals surface area contributed by atoms with E-state index in [1.807, 2.05) is 26.0 Å². The average molecular weight is 425 g/mol. The molecule has 0 unspecified atom stereocenters. The molecule has 2 aromatic carbocycles. The zero-order valence-electron chi connectivity index (χ0n) is 18.1. The number of hydrogen-bond donors (Lipinski definition) is 3. The van der Waals surface area contributed by atoms with Crippen LogP contribution in [0.1, 0.15) is 32.4 Å². The quantitative estimate of drug-likeness (QED) is 0.598. The second-order valence-electron chi connectivity index (χ2n) is 6.80. The minimum Gasteiger partial charge on any atom is -0.493 e. The number of benzene rings is 2. The number of rotatable bonds is 8. The predicted molar refractivity (Wildman–Crippen MR) is 118 cm³/mol. The molecule has 3 rings (SSSR count). The number of allylic oxidation sites excluding steroid dienone is 1. The first kappa shape index (κ1) is 22.0. The van der Waals surface area contributed by atoms with Crippen LogP contribution in [-0.2, 0) is 4.79 Å². The SMILES string of the molecule is CCOc1ccccc1NC(=O)C1=C(C)NC(=O)N[C@H]1c1ccc(OCC)c(OC)c1. The number of methoxy groups -OCH3 is 1. The van der Waals surface area contributed by atoms with Crippen LogP contribution in [0.5, 0.6) is 17.2 Å². The van der Waals surface area contributed by atoms with E-state index in [0.717, 1.165) is 0 Å². The van der Waals surface area contributed by atoms with Gasteiger partial charge in [0.25, 0.3) is 5.91 Å². The molecule has 3 N–H and O–H groups in total. The van der Waals surface area contributed by atoms with Crippen LogP contribution in [0, 0.1) is 0 Å². The van der Waals surface area contributed by atoms with E-state index in [-0.39, 0.29) is 11.9 Å². The van der Waals surface area contributed by atoms with Gasteiger partial charge in [0.1, 0.15) is 5.75 Å². The first-order valence-corrected chi connectivity index (χ1v) is 10.1. The van der Waals surface area contributed by atoms with Gasteiger partial charge in [-0.2, -0.15) is 0 Å². The van der Waals surface area contributed by atoms with Gasteiger partial charge in [0.15, 0.2) is 11.5 Å². The molecule has 3 amide bonds. The Labute approximate surface area is 181 Å². The van der Waals surface area contributed by atoms with Crippen LogP contribution >= 0.6 is 0 Å². The number of carbonyl (C=O) groups excluding carboxylic acids is 2. The Morgan fingerprint density at radius 3 is 2.45 bits per heavy atom. The molecule has 1 aliphatic rings. The summed E-state index contributed by atoms with van der Waals surface area (Å²) in [6, 6.07) is 11.5. The smallest absolute Gasteiger partial charge is 0.319 e. The Kier molecular flexibility index (Phi) is 7.02. The Bertz CT molecular complexity index is 1000. The highest BCUT2D eigenvalue weighted by Crippen LogP contribution is 2.35. The molecule has 31 heavy (non-hydrogen) atoms. The van der Waals surface area contributed by atoms with E-state index < -0.39 is 6.04 Å². The van der Waals surface area contributed by atoms with Crippen LogP contribution in [-0.4, -0.2) is 32.3 Å². The lowest BCUT2D eigenvalue weighted by molar-refractivity contribution is -0.113. The lowest BCUT2D eigenvalue weighted by Gasteiger charge is -2.29. The molecule has 1 atom stereocenters. The Morgan fingerprint density at radius 2 is 1.74 bits per heavy atom. The van der Waals surface area contributed by atoms with E-state index in [2.05, 4.69) is 16.0 Å². The second-order valence-corrected chi connectivity index (χ2v) is 6.80. The van der Waals surface area contributed by atoms with Crippen LogP contribution in [0.3, 0.4) is 0 Å². The van der Waals surface area contributed by atoms with E-state index in [1.165, 1.54) is 0 Å². The molecule has 164 valence electrons.